The van der Waals surface area contributed by atoms with Crippen LogP contribution in [-0.2, 0) is 12.7 Å². The van der Waals surface area contributed by atoms with E-state index in [1.54, 1.807) is 15.9 Å². The second-order valence-electron chi connectivity index (χ2n) is 9.23. The van der Waals surface area contributed by atoms with Gasteiger partial charge in [0.2, 0.25) is 0 Å². The highest BCUT2D eigenvalue weighted by Gasteiger charge is 2.33. The van der Waals surface area contributed by atoms with Gasteiger partial charge in [0.15, 0.2) is 0 Å². The largest absolute Gasteiger partial charge is 0.416 e. The van der Waals surface area contributed by atoms with E-state index in [2.05, 4.69) is 5.32 Å². The number of hydrogen-bond acceptors (Lipinski definition) is 3. The van der Waals surface area contributed by atoms with Crippen LogP contribution in [0.25, 0.3) is 10.2 Å². The topological polar surface area (TPSA) is 57.6 Å². The van der Waals surface area contributed by atoms with Crippen LogP contribution in [0.3, 0.4) is 0 Å². The predicted octanol–water partition coefficient (Wildman–Crippen LogP) is 6.29. The Hall–Kier alpha value is -3.86. The van der Waals surface area contributed by atoms with Crippen molar-refractivity contribution in [3.63, 3.8) is 0 Å². The molecule has 5 rings (SSSR count). The third-order valence-electron chi connectivity index (χ3n) is 6.59. The van der Waals surface area contributed by atoms with Gasteiger partial charge in [-0.2, -0.15) is 13.2 Å². The maximum absolute atomic E-state index is 13.8. The van der Waals surface area contributed by atoms with Gasteiger partial charge in [-0.3, -0.25) is 4.79 Å². The van der Waals surface area contributed by atoms with Crippen molar-refractivity contribution in [2.24, 2.45) is 0 Å². The highest BCUT2D eigenvalue weighted by Crippen LogP contribution is 2.30. The monoisotopic (exact) mass is 544 g/mol. The van der Waals surface area contributed by atoms with E-state index in [0.717, 1.165) is 27.9 Å². The van der Waals surface area contributed by atoms with Crippen LogP contribution in [0.4, 0.5) is 28.0 Å². The Bertz CT molecular complexity index is 1480. The third-order valence-corrected chi connectivity index (χ3v) is 7.54. The van der Waals surface area contributed by atoms with Gasteiger partial charge in [-0.25, -0.2) is 9.18 Å². The average Bonchev–Trinajstić information content (AvgIpc) is 3.46. The molecule has 0 radical (unpaired) electrons. The Morgan fingerprint density at radius 1 is 1.05 bits per heavy atom. The molecule has 4 aromatic rings. The molecule has 2 aromatic carbocycles. The molecule has 3 heterocycles. The molecular formula is C27H24F4N4O2S. The normalized spacial score (nSPS) is 16.2. The van der Waals surface area contributed by atoms with E-state index in [0.29, 0.717) is 18.8 Å². The van der Waals surface area contributed by atoms with E-state index in [1.807, 2.05) is 35.1 Å². The summed E-state index contributed by atoms with van der Waals surface area (Å²) in [7, 11) is 0. The molecule has 2 aromatic heterocycles. The fourth-order valence-electron chi connectivity index (χ4n) is 4.67. The number of nitrogens with one attached hydrogen (secondary N) is 1. The molecule has 0 spiro atoms. The van der Waals surface area contributed by atoms with Crippen molar-refractivity contribution >= 4 is 39.2 Å². The lowest BCUT2D eigenvalue weighted by molar-refractivity contribution is -0.137. The molecule has 0 saturated carbocycles. The fourth-order valence-corrected chi connectivity index (χ4v) is 5.57. The van der Waals surface area contributed by atoms with Gasteiger partial charge in [0.05, 0.1) is 5.56 Å². The molecule has 0 bridgehead atoms. The van der Waals surface area contributed by atoms with E-state index < -0.39 is 17.8 Å². The lowest BCUT2D eigenvalue weighted by Gasteiger charge is -2.39. The zero-order valence-electron chi connectivity index (χ0n) is 20.3. The third kappa shape index (κ3) is 5.24. The van der Waals surface area contributed by atoms with Crippen LogP contribution in [0.5, 0.6) is 0 Å². The molecule has 1 N–H and O–H groups in total. The summed E-state index contributed by atoms with van der Waals surface area (Å²) in [6.07, 6.45) is -4.45. The lowest BCUT2D eigenvalue weighted by atomic mass is 10.1. The van der Waals surface area contributed by atoms with Crippen LogP contribution in [0, 0.1) is 5.82 Å². The number of hydrogen-bond donors (Lipinski definition) is 1. The van der Waals surface area contributed by atoms with Crippen molar-refractivity contribution in [3.8, 4) is 0 Å². The number of urea groups is 1. The van der Waals surface area contributed by atoms with Crippen LogP contribution < -0.4 is 5.32 Å². The minimum atomic E-state index is -4.45. The number of carbonyl (C=O) groups excluding carboxylic acids is 2. The zero-order valence-corrected chi connectivity index (χ0v) is 21.2. The van der Waals surface area contributed by atoms with E-state index in [4.69, 9.17) is 0 Å². The second kappa shape index (κ2) is 10.1. The first-order valence-electron chi connectivity index (χ1n) is 12.0. The van der Waals surface area contributed by atoms with E-state index >= 15 is 0 Å². The molecule has 11 heteroatoms. The molecule has 1 aliphatic rings. The van der Waals surface area contributed by atoms with Crippen LogP contribution >= 0.6 is 11.3 Å². The molecule has 3 amide bonds. The highest BCUT2D eigenvalue weighted by atomic mass is 32.1. The fraction of sp³-hybridized carbons (Fsp3) is 0.259. The number of rotatable bonds is 4. The number of anilines is 1. The number of aromatic nitrogens is 1. The Kier molecular flexibility index (Phi) is 6.87. The predicted molar refractivity (Wildman–Crippen MR) is 138 cm³/mol. The first-order chi connectivity index (χ1) is 18.1. The Labute approximate surface area is 220 Å². The Morgan fingerprint density at radius 2 is 1.82 bits per heavy atom. The molecule has 0 unspecified atom stereocenters. The number of thiophene rings is 1. The van der Waals surface area contributed by atoms with Gasteiger partial charge >= 0.3 is 12.2 Å². The summed E-state index contributed by atoms with van der Waals surface area (Å²) >= 11 is 1.51. The molecule has 1 aliphatic heterocycles. The molecule has 1 saturated heterocycles. The van der Waals surface area contributed by atoms with Gasteiger partial charge in [-0.05, 0) is 66.4 Å². The van der Waals surface area contributed by atoms with Gasteiger partial charge in [-0.15, -0.1) is 11.3 Å². The SMILES string of the molecule is C[C@H]1CN(C(=O)c2cc3ccsc3n2Cc2cccc(F)c2)CCN1C(=O)Nc1ccc(C(F)(F)F)cc1. The summed E-state index contributed by atoms with van der Waals surface area (Å²) in [5.41, 5.74) is 0.691. The van der Waals surface area contributed by atoms with Crippen molar-refractivity contribution in [2.75, 3.05) is 25.0 Å². The molecule has 1 atom stereocenters. The maximum atomic E-state index is 13.8. The standard InChI is InChI=1S/C27H24F4N4O2S/c1-17-15-33(10-11-34(17)26(37)32-22-7-5-20(6-8-22)27(29,30)31)24(36)23-14-19-9-12-38-25(19)35(23)16-18-3-2-4-21(28)13-18/h2-9,12-14,17H,10-11,15-16H2,1H3,(H,32,37)/t17-/m0/s1. The van der Waals surface area contributed by atoms with E-state index in [-0.39, 0.29) is 36.5 Å². The molecule has 1 fully saturated rings. The molecule has 0 aliphatic carbocycles. The number of nitrogens with zero attached hydrogens (tertiary/aromatic N) is 3. The lowest BCUT2D eigenvalue weighted by Crippen LogP contribution is -2.56. The number of alkyl halides is 3. The molecule has 198 valence electrons. The maximum Gasteiger partial charge on any atom is 0.416 e. The van der Waals surface area contributed by atoms with Gasteiger partial charge < -0.3 is 19.7 Å². The van der Waals surface area contributed by atoms with Crippen LogP contribution in [0.15, 0.2) is 66.0 Å². The zero-order chi connectivity index (χ0) is 27.0. The number of benzene rings is 2. The highest BCUT2D eigenvalue weighted by molar-refractivity contribution is 7.16. The number of piperazine rings is 1. The Balaban J connectivity index is 1.28. The van der Waals surface area contributed by atoms with E-state index in [9.17, 15) is 27.2 Å². The van der Waals surface area contributed by atoms with Crippen LogP contribution in [0.1, 0.15) is 28.5 Å². The van der Waals surface area contributed by atoms with Crippen molar-refractivity contribution in [2.45, 2.75) is 25.7 Å². The first kappa shape index (κ1) is 25.8. The van der Waals surface area contributed by atoms with Gasteiger partial charge in [0, 0.05) is 43.3 Å². The summed E-state index contributed by atoms with van der Waals surface area (Å²) in [4.78, 5) is 30.6. The van der Waals surface area contributed by atoms with Crippen molar-refractivity contribution < 1.29 is 27.2 Å². The van der Waals surface area contributed by atoms with Crippen LogP contribution in [-0.4, -0.2) is 52.0 Å². The van der Waals surface area contributed by atoms with Crippen molar-refractivity contribution in [1.82, 2.24) is 14.4 Å². The summed E-state index contributed by atoms with van der Waals surface area (Å²) in [5.74, 6) is -0.524. The minimum absolute atomic E-state index is 0.181. The summed E-state index contributed by atoms with van der Waals surface area (Å²) in [5, 5.41) is 5.50. The smallest absolute Gasteiger partial charge is 0.334 e. The van der Waals surface area contributed by atoms with Crippen molar-refractivity contribution in [1.29, 1.82) is 0 Å². The van der Waals surface area contributed by atoms with Gasteiger partial charge in [0.1, 0.15) is 16.3 Å². The van der Waals surface area contributed by atoms with Gasteiger partial charge in [0.25, 0.3) is 5.91 Å². The van der Waals surface area contributed by atoms with Gasteiger partial charge in [-0.1, -0.05) is 12.1 Å². The quantitative estimate of drug-likeness (QED) is 0.307. The average molecular weight is 545 g/mol. The first-order valence-corrected chi connectivity index (χ1v) is 12.8. The van der Waals surface area contributed by atoms with E-state index in [1.165, 1.54) is 35.6 Å². The molecule has 6 nitrogen and oxygen atoms in total. The summed E-state index contributed by atoms with van der Waals surface area (Å²) < 4.78 is 54.1. The number of amides is 3. The minimum Gasteiger partial charge on any atom is -0.334 e. The summed E-state index contributed by atoms with van der Waals surface area (Å²) in [6.45, 7) is 3.00. The number of carbonyl (C=O) groups is 2. The number of fused-ring (bicyclic) bond motifs is 1. The van der Waals surface area contributed by atoms with Crippen molar-refractivity contribution in [3.05, 3.63) is 88.7 Å². The Morgan fingerprint density at radius 3 is 2.50 bits per heavy atom. The number of halogens is 4. The second-order valence-corrected chi connectivity index (χ2v) is 10.1. The summed E-state index contributed by atoms with van der Waals surface area (Å²) in [6, 6.07) is 13.5. The molecule has 38 heavy (non-hydrogen) atoms. The molecular weight excluding hydrogens is 520 g/mol. The van der Waals surface area contributed by atoms with Crippen LogP contribution in [0.2, 0.25) is 0 Å².